The van der Waals surface area contributed by atoms with Crippen LogP contribution >= 0.6 is 0 Å². The summed E-state index contributed by atoms with van der Waals surface area (Å²) in [4.78, 5) is 11.4. The van der Waals surface area contributed by atoms with Gasteiger partial charge in [0.2, 0.25) is 0 Å². The zero-order valence-corrected chi connectivity index (χ0v) is 14.0. The Labute approximate surface area is 134 Å². The van der Waals surface area contributed by atoms with Crippen molar-refractivity contribution in [2.75, 3.05) is 21.3 Å². The molecule has 1 atom stereocenters. The second-order valence-electron chi connectivity index (χ2n) is 5.78. The quantitative estimate of drug-likeness (QED) is 0.821. The molecule has 0 saturated carbocycles. The Morgan fingerprint density at radius 2 is 1.91 bits per heavy atom. The van der Waals surface area contributed by atoms with E-state index in [0.717, 1.165) is 0 Å². The summed E-state index contributed by atoms with van der Waals surface area (Å²) in [6, 6.07) is 4.59. The number of hydrogen-bond donors (Lipinski definition) is 1. The van der Waals surface area contributed by atoms with Crippen LogP contribution in [0.25, 0.3) is 11.0 Å². The van der Waals surface area contributed by atoms with Gasteiger partial charge in [0, 0.05) is 31.2 Å². The Hall–Kier alpha value is -2.05. The van der Waals surface area contributed by atoms with Crippen LogP contribution < -0.4 is 15.1 Å². The molecule has 6 nitrogen and oxygen atoms in total. The standard InChI is InChI=1S/C17H22O6/c1-17(2,22-5)14(18)8-11-12(20-3)9-13-10(16(11)21-4)6-7-15(19)23-13/h6-7,9,14,18H,8H2,1-5H3/t14-/m0/s1. The minimum absolute atomic E-state index is 0.266. The van der Waals surface area contributed by atoms with Crippen LogP contribution in [0, 0.1) is 0 Å². The molecule has 2 aromatic rings. The van der Waals surface area contributed by atoms with Gasteiger partial charge in [-0.3, -0.25) is 0 Å². The summed E-state index contributed by atoms with van der Waals surface area (Å²) >= 11 is 0. The third kappa shape index (κ3) is 3.33. The molecular formula is C17H22O6. The van der Waals surface area contributed by atoms with E-state index in [4.69, 9.17) is 18.6 Å². The first kappa shape index (κ1) is 17.3. The Bertz CT molecular complexity index is 747. The molecule has 2 rings (SSSR count). The van der Waals surface area contributed by atoms with Gasteiger partial charge in [0.1, 0.15) is 17.1 Å². The molecular weight excluding hydrogens is 300 g/mol. The summed E-state index contributed by atoms with van der Waals surface area (Å²) in [5, 5.41) is 11.1. The van der Waals surface area contributed by atoms with Crippen LogP contribution in [0.4, 0.5) is 0 Å². The van der Waals surface area contributed by atoms with Crippen molar-refractivity contribution in [3.63, 3.8) is 0 Å². The van der Waals surface area contributed by atoms with Gasteiger partial charge in [0.25, 0.3) is 0 Å². The summed E-state index contributed by atoms with van der Waals surface area (Å²) in [5.74, 6) is 0.990. The molecule has 0 saturated heterocycles. The van der Waals surface area contributed by atoms with Crippen LogP contribution in [-0.4, -0.2) is 38.1 Å². The molecule has 23 heavy (non-hydrogen) atoms. The number of methoxy groups -OCH3 is 3. The Kier molecular flexibility index (Phi) is 4.97. The Morgan fingerprint density at radius 1 is 1.22 bits per heavy atom. The number of rotatable bonds is 6. The van der Waals surface area contributed by atoms with Gasteiger partial charge in [-0.2, -0.15) is 0 Å². The number of aliphatic hydroxyl groups excluding tert-OH is 1. The Balaban J connectivity index is 2.62. The lowest BCUT2D eigenvalue weighted by atomic mass is 9.93. The molecule has 0 bridgehead atoms. The van der Waals surface area contributed by atoms with Gasteiger partial charge >= 0.3 is 5.63 Å². The summed E-state index contributed by atoms with van der Waals surface area (Å²) in [6.45, 7) is 3.60. The first-order chi connectivity index (χ1) is 10.8. The summed E-state index contributed by atoms with van der Waals surface area (Å²) in [6.07, 6.45) is -0.508. The van der Waals surface area contributed by atoms with Crippen molar-refractivity contribution in [2.45, 2.75) is 32.0 Å². The molecule has 1 aromatic heterocycles. The summed E-state index contributed by atoms with van der Waals surface area (Å²) in [5.41, 5.74) is -0.117. The first-order valence-electron chi connectivity index (χ1n) is 7.25. The molecule has 0 aliphatic rings. The second kappa shape index (κ2) is 6.60. The molecule has 1 N–H and O–H groups in total. The van der Waals surface area contributed by atoms with E-state index in [2.05, 4.69) is 0 Å². The van der Waals surface area contributed by atoms with Crippen LogP contribution in [0.2, 0.25) is 0 Å². The molecule has 1 aromatic carbocycles. The van der Waals surface area contributed by atoms with Gasteiger partial charge < -0.3 is 23.7 Å². The van der Waals surface area contributed by atoms with E-state index >= 15 is 0 Å². The molecule has 0 radical (unpaired) electrons. The highest BCUT2D eigenvalue weighted by atomic mass is 16.5. The number of fused-ring (bicyclic) bond motifs is 1. The van der Waals surface area contributed by atoms with Gasteiger partial charge in [-0.25, -0.2) is 4.79 Å². The molecule has 0 amide bonds. The highest BCUT2D eigenvalue weighted by Gasteiger charge is 2.30. The van der Waals surface area contributed by atoms with E-state index in [9.17, 15) is 9.90 Å². The Morgan fingerprint density at radius 3 is 2.48 bits per heavy atom. The third-order valence-corrected chi connectivity index (χ3v) is 4.09. The van der Waals surface area contributed by atoms with Crippen molar-refractivity contribution in [3.8, 4) is 11.5 Å². The fraction of sp³-hybridized carbons (Fsp3) is 0.471. The average molecular weight is 322 g/mol. The lowest BCUT2D eigenvalue weighted by Gasteiger charge is -2.30. The van der Waals surface area contributed by atoms with E-state index in [1.807, 2.05) is 0 Å². The minimum atomic E-state index is -0.775. The zero-order chi connectivity index (χ0) is 17.2. The molecule has 0 unspecified atom stereocenters. The van der Waals surface area contributed by atoms with Crippen LogP contribution in [0.1, 0.15) is 19.4 Å². The maximum atomic E-state index is 11.4. The third-order valence-electron chi connectivity index (χ3n) is 4.09. The van der Waals surface area contributed by atoms with Crippen molar-refractivity contribution in [1.29, 1.82) is 0 Å². The number of ether oxygens (including phenoxy) is 3. The van der Waals surface area contributed by atoms with Crippen LogP contribution in [0.3, 0.4) is 0 Å². The van der Waals surface area contributed by atoms with Crippen LogP contribution in [-0.2, 0) is 11.2 Å². The van der Waals surface area contributed by atoms with E-state index < -0.39 is 17.3 Å². The highest BCUT2D eigenvalue weighted by molar-refractivity contribution is 5.87. The van der Waals surface area contributed by atoms with Gasteiger partial charge in [-0.1, -0.05) is 0 Å². The van der Waals surface area contributed by atoms with Gasteiger partial charge in [0.05, 0.1) is 31.3 Å². The summed E-state index contributed by atoms with van der Waals surface area (Å²) < 4.78 is 21.4. The fourth-order valence-electron chi connectivity index (χ4n) is 2.39. The number of aliphatic hydroxyl groups is 1. The molecule has 1 heterocycles. The predicted octanol–water partition coefficient (Wildman–Crippen LogP) is 2.14. The van der Waals surface area contributed by atoms with Crippen molar-refractivity contribution < 1.29 is 23.7 Å². The lowest BCUT2D eigenvalue weighted by Crippen LogP contribution is -2.39. The van der Waals surface area contributed by atoms with Crippen LogP contribution in [0.15, 0.2) is 27.4 Å². The van der Waals surface area contributed by atoms with Crippen molar-refractivity contribution >= 4 is 11.0 Å². The molecule has 126 valence electrons. The van der Waals surface area contributed by atoms with E-state index in [0.29, 0.717) is 28.0 Å². The zero-order valence-electron chi connectivity index (χ0n) is 14.0. The second-order valence-corrected chi connectivity index (χ2v) is 5.78. The SMILES string of the molecule is COc1cc2oc(=O)ccc2c(OC)c1C[C@H](O)C(C)(C)OC. The number of benzene rings is 1. The van der Waals surface area contributed by atoms with E-state index in [-0.39, 0.29) is 6.42 Å². The minimum Gasteiger partial charge on any atom is -0.496 e. The van der Waals surface area contributed by atoms with Crippen molar-refractivity contribution in [1.82, 2.24) is 0 Å². The first-order valence-corrected chi connectivity index (χ1v) is 7.25. The van der Waals surface area contributed by atoms with E-state index in [1.165, 1.54) is 20.3 Å². The van der Waals surface area contributed by atoms with Gasteiger partial charge in [0.15, 0.2) is 0 Å². The fourth-order valence-corrected chi connectivity index (χ4v) is 2.39. The molecule has 0 aliphatic carbocycles. The highest BCUT2D eigenvalue weighted by Crippen LogP contribution is 2.38. The molecule has 0 spiro atoms. The summed E-state index contributed by atoms with van der Waals surface area (Å²) in [7, 11) is 4.59. The van der Waals surface area contributed by atoms with Gasteiger partial charge in [-0.05, 0) is 19.9 Å². The van der Waals surface area contributed by atoms with E-state index in [1.54, 1.807) is 33.1 Å². The normalized spacial score (nSPS) is 13.1. The van der Waals surface area contributed by atoms with Crippen LogP contribution in [0.5, 0.6) is 11.5 Å². The molecule has 0 fully saturated rings. The predicted molar refractivity (Wildman–Crippen MR) is 86.4 cm³/mol. The molecule has 0 aliphatic heterocycles. The maximum absolute atomic E-state index is 11.4. The van der Waals surface area contributed by atoms with Gasteiger partial charge in [-0.15, -0.1) is 0 Å². The monoisotopic (exact) mass is 322 g/mol. The number of hydrogen-bond acceptors (Lipinski definition) is 6. The molecule has 6 heteroatoms. The largest absolute Gasteiger partial charge is 0.496 e. The topological polar surface area (TPSA) is 78.1 Å². The maximum Gasteiger partial charge on any atom is 0.336 e. The smallest absolute Gasteiger partial charge is 0.336 e. The van der Waals surface area contributed by atoms with Crippen molar-refractivity contribution in [3.05, 3.63) is 34.2 Å². The van der Waals surface area contributed by atoms with Crippen molar-refractivity contribution in [2.24, 2.45) is 0 Å². The lowest BCUT2D eigenvalue weighted by molar-refractivity contribution is -0.0767. The average Bonchev–Trinajstić information content (AvgIpc) is 2.53.